The summed E-state index contributed by atoms with van der Waals surface area (Å²) in [6.45, 7) is 1.03. The highest BCUT2D eigenvalue weighted by Gasteiger charge is 2.12. The van der Waals surface area contributed by atoms with Crippen molar-refractivity contribution in [3.05, 3.63) is 58.3 Å². The molecule has 0 spiro atoms. The molecule has 0 fully saturated rings. The van der Waals surface area contributed by atoms with Gasteiger partial charge in [0.2, 0.25) is 0 Å². The van der Waals surface area contributed by atoms with Crippen LogP contribution in [0.25, 0.3) is 0 Å². The van der Waals surface area contributed by atoms with Gasteiger partial charge in [-0.25, -0.2) is 0 Å². The number of amides is 1. The van der Waals surface area contributed by atoms with Crippen LogP contribution < -0.4 is 27.4 Å². The van der Waals surface area contributed by atoms with Crippen LogP contribution in [0.3, 0.4) is 0 Å². The smallest absolute Gasteiger partial charge is 0.142 e. The van der Waals surface area contributed by atoms with Gasteiger partial charge in [0.05, 0.1) is 21.1 Å². The van der Waals surface area contributed by atoms with Crippen LogP contribution in [-0.2, 0) is 13.1 Å². The lowest BCUT2D eigenvalue weighted by Gasteiger charge is -2.23. The number of nitrogens with zero attached hydrogens (tertiary/aromatic N) is 2. The summed E-state index contributed by atoms with van der Waals surface area (Å²) in [6, 6.07) is 10.8. The van der Waals surface area contributed by atoms with Gasteiger partial charge in [0.15, 0.2) is 0 Å². The molecule has 1 aromatic heterocycles. The first kappa shape index (κ1) is 23.4. The fourth-order valence-electron chi connectivity index (χ4n) is 1.78. The van der Waals surface area contributed by atoms with Gasteiger partial charge in [-0.1, -0.05) is 28.1 Å². The SMILES string of the molecule is C[N+](C)(C)Cc1ncccc1O.O=C([O-])NCc1ccc(Br)cc1.[Br-]. The lowest BCUT2D eigenvalue weighted by Crippen LogP contribution is -3.00. The summed E-state index contributed by atoms with van der Waals surface area (Å²) in [5, 5.41) is 21.6. The number of nitrogens with one attached hydrogen (secondary N) is 1. The lowest BCUT2D eigenvalue weighted by atomic mass is 10.2. The Labute approximate surface area is 167 Å². The highest BCUT2D eigenvalue weighted by Crippen LogP contribution is 2.15. The molecular formula is C17H22Br2N3O3-. The molecule has 0 aliphatic carbocycles. The van der Waals surface area contributed by atoms with Gasteiger partial charge in [-0.3, -0.25) is 4.98 Å². The summed E-state index contributed by atoms with van der Waals surface area (Å²) in [7, 11) is 6.19. The van der Waals surface area contributed by atoms with Crippen LogP contribution in [0.4, 0.5) is 4.79 Å². The fraction of sp³-hybridized carbons (Fsp3) is 0.294. The van der Waals surface area contributed by atoms with Crippen LogP contribution in [-0.4, -0.2) is 41.8 Å². The fourth-order valence-corrected chi connectivity index (χ4v) is 2.04. The number of halogens is 2. The largest absolute Gasteiger partial charge is 1.00 e. The number of hydrogen-bond donors (Lipinski definition) is 2. The van der Waals surface area contributed by atoms with Crippen LogP contribution in [0.1, 0.15) is 11.3 Å². The van der Waals surface area contributed by atoms with E-state index >= 15 is 0 Å². The average molecular weight is 476 g/mol. The minimum Gasteiger partial charge on any atom is -1.00 e. The molecule has 0 unspecified atom stereocenters. The maximum absolute atomic E-state index is 10.0. The Morgan fingerprint density at radius 1 is 1.24 bits per heavy atom. The molecule has 25 heavy (non-hydrogen) atoms. The van der Waals surface area contributed by atoms with Crippen molar-refractivity contribution in [1.82, 2.24) is 10.3 Å². The Kier molecular flexibility index (Phi) is 10.3. The second-order valence-electron chi connectivity index (χ2n) is 6.19. The van der Waals surface area contributed by atoms with Gasteiger partial charge in [-0.15, -0.1) is 0 Å². The van der Waals surface area contributed by atoms with E-state index in [2.05, 4.69) is 47.4 Å². The normalized spacial score (nSPS) is 10.1. The summed E-state index contributed by atoms with van der Waals surface area (Å²) >= 11 is 3.28. The quantitative estimate of drug-likeness (QED) is 0.548. The van der Waals surface area contributed by atoms with E-state index in [-0.39, 0.29) is 29.3 Å². The zero-order chi connectivity index (χ0) is 18.2. The summed E-state index contributed by atoms with van der Waals surface area (Å²) in [5.41, 5.74) is 1.66. The third-order valence-corrected chi connectivity index (χ3v) is 3.37. The Morgan fingerprint density at radius 3 is 2.32 bits per heavy atom. The number of rotatable bonds is 4. The average Bonchev–Trinajstić information content (AvgIpc) is 2.48. The zero-order valence-electron chi connectivity index (χ0n) is 14.4. The highest BCUT2D eigenvalue weighted by molar-refractivity contribution is 9.10. The first-order chi connectivity index (χ1) is 11.2. The van der Waals surface area contributed by atoms with Gasteiger partial charge in [0.25, 0.3) is 0 Å². The molecule has 0 aliphatic heterocycles. The van der Waals surface area contributed by atoms with Gasteiger partial charge >= 0.3 is 0 Å². The van der Waals surface area contributed by atoms with Crippen molar-refractivity contribution in [2.45, 2.75) is 13.1 Å². The Balaban J connectivity index is 0.000000443. The Morgan fingerprint density at radius 2 is 1.84 bits per heavy atom. The van der Waals surface area contributed by atoms with Gasteiger partial charge in [0, 0.05) is 17.2 Å². The molecule has 6 nitrogen and oxygen atoms in total. The van der Waals surface area contributed by atoms with E-state index in [1.807, 2.05) is 24.3 Å². The molecule has 1 aromatic carbocycles. The van der Waals surface area contributed by atoms with Gasteiger partial charge in [-0.05, 0) is 29.8 Å². The van der Waals surface area contributed by atoms with Crippen molar-refractivity contribution in [3.8, 4) is 5.75 Å². The van der Waals surface area contributed by atoms with E-state index in [1.165, 1.54) is 0 Å². The van der Waals surface area contributed by atoms with Crippen molar-refractivity contribution in [1.29, 1.82) is 0 Å². The summed E-state index contributed by atoms with van der Waals surface area (Å²) in [4.78, 5) is 14.1. The molecule has 0 bridgehead atoms. The molecule has 0 atom stereocenters. The third-order valence-electron chi connectivity index (χ3n) is 2.84. The molecule has 0 saturated carbocycles. The lowest BCUT2D eigenvalue weighted by molar-refractivity contribution is -0.884. The third kappa shape index (κ3) is 10.8. The molecule has 138 valence electrons. The van der Waals surface area contributed by atoms with E-state index in [9.17, 15) is 15.0 Å². The molecule has 8 heteroatoms. The maximum Gasteiger partial charge on any atom is 0.142 e. The summed E-state index contributed by atoms with van der Waals surface area (Å²) in [6.07, 6.45) is 0.447. The molecule has 2 rings (SSSR count). The number of aromatic nitrogens is 1. The molecule has 0 saturated heterocycles. The molecule has 2 N–H and O–H groups in total. The summed E-state index contributed by atoms with van der Waals surface area (Å²) < 4.78 is 1.74. The molecule has 1 amide bonds. The minimum absolute atomic E-state index is 0. The van der Waals surface area contributed by atoms with Crippen molar-refractivity contribution < 1.29 is 36.5 Å². The number of pyridine rings is 1. The van der Waals surface area contributed by atoms with Crippen LogP contribution in [0.15, 0.2) is 47.1 Å². The Bertz CT molecular complexity index is 659. The van der Waals surface area contributed by atoms with Crippen LogP contribution in [0.2, 0.25) is 0 Å². The second kappa shape index (κ2) is 11.1. The summed E-state index contributed by atoms with van der Waals surface area (Å²) in [5.74, 6) is 0.283. The second-order valence-corrected chi connectivity index (χ2v) is 7.10. The van der Waals surface area contributed by atoms with Crippen LogP contribution in [0, 0.1) is 0 Å². The monoisotopic (exact) mass is 474 g/mol. The number of hydrogen-bond acceptors (Lipinski definition) is 4. The zero-order valence-corrected chi connectivity index (χ0v) is 17.5. The number of quaternary nitrogens is 1. The van der Waals surface area contributed by atoms with Crippen LogP contribution in [0.5, 0.6) is 5.75 Å². The van der Waals surface area contributed by atoms with E-state index in [0.717, 1.165) is 26.8 Å². The molecule has 1 heterocycles. The van der Waals surface area contributed by atoms with Gasteiger partial charge < -0.3 is 41.8 Å². The van der Waals surface area contributed by atoms with Gasteiger partial charge in [0.1, 0.15) is 24.1 Å². The molecule has 2 aromatic rings. The van der Waals surface area contributed by atoms with Crippen molar-refractivity contribution in [3.63, 3.8) is 0 Å². The first-order valence-electron chi connectivity index (χ1n) is 7.30. The van der Waals surface area contributed by atoms with Crippen LogP contribution >= 0.6 is 15.9 Å². The topological polar surface area (TPSA) is 85.3 Å². The van der Waals surface area contributed by atoms with Crippen molar-refractivity contribution >= 4 is 22.0 Å². The van der Waals surface area contributed by atoms with Crippen molar-refractivity contribution in [2.75, 3.05) is 21.1 Å². The number of benzene rings is 1. The van der Waals surface area contributed by atoms with E-state index < -0.39 is 6.09 Å². The number of carbonyl (C=O) groups excluding carboxylic acids is 1. The van der Waals surface area contributed by atoms with E-state index in [1.54, 1.807) is 18.3 Å². The van der Waals surface area contributed by atoms with E-state index in [4.69, 9.17) is 0 Å². The molecular weight excluding hydrogens is 454 g/mol. The van der Waals surface area contributed by atoms with E-state index in [0.29, 0.717) is 0 Å². The molecule has 0 aliphatic rings. The molecule has 0 radical (unpaired) electrons. The van der Waals surface area contributed by atoms with Crippen molar-refractivity contribution in [2.24, 2.45) is 0 Å². The highest BCUT2D eigenvalue weighted by atomic mass is 79.9. The standard InChI is InChI=1S/C9H14N2O.C8H8BrNO2.BrH/c1-11(2,3)7-8-9(12)5-4-6-10-8;9-7-3-1-6(2-4-7)5-10-8(11)12;/h4-6H,7H2,1-3H3;1-4,10H,5H2,(H,11,12);1H/p-1. The first-order valence-corrected chi connectivity index (χ1v) is 8.09. The maximum atomic E-state index is 10.0. The number of aromatic hydroxyl groups is 1. The van der Waals surface area contributed by atoms with Gasteiger partial charge in [-0.2, -0.15) is 0 Å². The number of carboxylic acid groups (broad SMARTS) is 1. The predicted molar refractivity (Wildman–Crippen MR) is 94.0 cm³/mol. The minimum atomic E-state index is -1.25. The number of carbonyl (C=O) groups is 1. The Hall–Kier alpha value is -1.64. The predicted octanol–water partition coefficient (Wildman–Crippen LogP) is -1.12.